The minimum absolute atomic E-state index is 0.0227. The zero-order valence-electron chi connectivity index (χ0n) is 18.0. The molecule has 1 aliphatic heterocycles. The van der Waals surface area contributed by atoms with Gasteiger partial charge in [0.05, 0.1) is 36.6 Å². The van der Waals surface area contributed by atoms with Gasteiger partial charge in [-0.15, -0.1) is 0 Å². The number of unbranched alkanes of at least 4 members (excludes halogenated alkanes) is 1. The topological polar surface area (TPSA) is 60.9 Å². The summed E-state index contributed by atoms with van der Waals surface area (Å²) in [6.45, 7) is 3.96. The van der Waals surface area contributed by atoms with Crippen LogP contribution < -0.4 is 14.4 Å². The molecule has 1 amide bonds. The van der Waals surface area contributed by atoms with Gasteiger partial charge in [-0.2, -0.15) is 0 Å². The molecular weight excluding hydrogens is 412 g/mol. The highest BCUT2D eigenvalue weighted by atomic mass is 32.1. The van der Waals surface area contributed by atoms with Crippen LogP contribution in [0.4, 0.5) is 5.13 Å². The Hall–Kier alpha value is -2.64. The van der Waals surface area contributed by atoms with Crippen molar-refractivity contribution in [2.45, 2.75) is 38.7 Å². The number of amides is 1. The number of aromatic nitrogens is 1. The Morgan fingerprint density at radius 1 is 1.26 bits per heavy atom. The number of carbonyl (C=O) groups excluding carboxylic acids is 1. The van der Waals surface area contributed by atoms with Gasteiger partial charge in [-0.25, -0.2) is 4.98 Å². The minimum atomic E-state index is -0.118. The zero-order chi connectivity index (χ0) is 21.6. The molecule has 4 rings (SSSR count). The standard InChI is InChI=1S/C24H28N2O4S/c1-3-4-13-30-20-12-11-17(15-21(20)28-2)23(27)26(16-18-8-7-14-29-18)24-25-19-9-5-6-10-22(19)31-24/h5-6,9-12,15,18H,3-4,7-8,13-14,16H2,1-2H3. The molecule has 1 unspecified atom stereocenters. The third-order valence-corrected chi connectivity index (χ3v) is 6.39. The number of ether oxygens (including phenoxy) is 3. The highest BCUT2D eigenvalue weighted by Gasteiger charge is 2.27. The van der Waals surface area contributed by atoms with E-state index in [4.69, 9.17) is 19.2 Å². The van der Waals surface area contributed by atoms with Crippen LogP contribution in [0.3, 0.4) is 0 Å². The Morgan fingerprint density at radius 3 is 2.87 bits per heavy atom. The molecule has 7 heteroatoms. The van der Waals surface area contributed by atoms with Crippen LogP contribution in [-0.4, -0.2) is 43.9 Å². The molecule has 0 spiro atoms. The molecule has 1 atom stereocenters. The van der Waals surface area contributed by atoms with Gasteiger partial charge in [-0.05, 0) is 49.6 Å². The number of para-hydroxylation sites is 1. The first-order valence-corrected chi connectivity index (χ1v) is 11.6. The van der Waals surface area contributed by atoms with Crippen LogP contribution in [0.15, 0.2) is 42.5 Å². The number of methoxy groups -OCH3 is 1. The molecule has 1 fully saturated rings. The van der Waals surface area contributed by atoms with Crippen LogP contribution in [0.2, 0.25) is 0 Å². The summed E-state index contributed by atoms with van der Waals surface area (Å²) in [6.07, 6.45) is 4.01. The summed E-state index contributed by atoms with van der Waals surface area (Å²) in [4.78, 5) is 20.1. The number of nitrogens with zero attached hydrogens (tertiary/aromatic N) is 2. The molecule has 3 aromatic rings. The molecule has 1 aliphatic rings. The summed E-state index contributed by atoms with van der Waals surface area (Å²) >= 11 is 1.52. The van der Waals surface area contributed by atoms with Crippen LogP contribution in [0.5, 0.6) is 11.5 Å². The molecular formula is C24H28N2O4S. The predicted molar refractivity (Wildman–Crippen MR) is 124 cm³/mol. The van der Waals surface area contributed by atoms with Gasteiger partial charge in [-0.1, -0.05) is 36.8 Å². The van der Waals surface area contributed by atoms with E-state index in [9.17, 15) is 4.79 Å². The number of hydrogen-bond donors (Lipinski definition) is 0. The highest BCUT2D eigenvalue weighted by Crippen LogP contribution is 2.33. The average molecular weight is 441 g/mol. The van der Waals surface area contributed by atoms with Crippen molar-refractivity contribution >= 4 is 32.6 Å². The lowest BCUT2D eigenvalue weighted by Gasteiger charge is -2.23. The molecule has 1 aromatic heterocycles. The second-order valence-electron chi connectivity index (χ2n) is 7.58. The highest BCUT2D eigenvalue weighted by molar-refractivity contribution is 7.22. The number of thiazole rings is 1. The fourth-order valence-corrected chi connectivity index (χ4v) is 4.59. The van der Waals surface area contributed by atoms with Crippen LogP contribution in [0.25, 0.3) is 10.2 Å². The quantitative estimate of drug-likeness (QED) is 0.422. The van der Waals surface area contributed by atoms with Crippen molar-refractivity contribution in [3.05, 3.63) is 48.0 Å². The van der Waals surface area contributed by atoms with E-state index < -0.39 is 0 Å². The maximum Gasteiger partial charge on any atom is 0.260 e. The van der Waals surface area contributed by atoms with Crippen molar-refractivity contribution in [1.82, 2.24) is 4.98 Å². The van der Waals surface area contributed by atoms with Gasteiger partial charge in [0.2, 0.25) is 0 Å². The Labute approximate surface area is 186 Å². The summed E-state index contributed by atoms with van der Waals surface area (Å²) in [5.74, 6) is 1.09. The summed E-state index contributed by atoms with van der Waals surface area (Å²) in [7, 11) is 1.59. The Balaban J connectivity index is 1.63. The minimum Gasteiger partial charge on any atom is -0.493 e. The van der Waals surface area contributed by atoms with E-state index in [0.717, 1.165) is 42.5 Å². The van der Waals surface area contributed by atoms with E-state index in [2.05, 4.69) is 6.92 Å². The maximum absolute atomic E-state index is 13.6. The third-order valence-electron chi connectivity index (χ3n) is 5.33. The van der Waals surface area contributed by atoms with Crippen molar-refractivity contribution in [3.8, 4) is 11.5 Å². The largest absolute Gasteiger partial charge is 0.493 e. The third kappa shape index (κ3) is 4.99. The van der Waals surface area contributed by atoms with Gasteiger partial charge in [0.1, 0.15) is 0 Å². The molecule has 6 nitrogen and oxygen atoms in total. The first-order valence-electron chi connectivity index (χ1n) is 10.8. The van der Waals surface area contributed by atoms with Gasteiger partial charge in [-0.3, -0.25) is 9.69 Å². The number of hydrogen-bond acceptors (Lipinski definition) is 6. The Kier molecular flexibility index (Phi) is 7.04. The van der Waals surface area contributed by atoms with Gasteiger partial charge in [0.15, 0.2) is 16.6 Å². The van der Waals surface area contributed by atoms with Gasteiger partial charge < -0.3 is 14.2 Å². The molecule has 0 bridgehead atoms. The summed E-state index contributed by atoms with van der Waals surface area (Å²) in [5, 5.41) is 0.684. The van der Waals surface area contributed by atoms with Crippen molar-refractivity contribution < 1.29 is 19.0 Å². The molecule has 0 saturated carbocycles. The molecule has 31 heavy (non-hydrogen) atoms. The first-order chi connectivity index (χ1) is 15.2. The van der Waals surface area contributed by atoms with E-state index >= 15 is 0 Å². The van der Waals surface area contributed by atoms with E-state index in [-0.39, 0.29) is 12.0 Å². The van der Waals surface area contributed by atoms with Crippen molar-refractivity contribution in [2.75, 3.05) is 31.8 Å². The number of anilines is 1. The number of carbonyl (C=O) groups is 1. The average Bonchev–Trinajstić information content (AvgIpc) is 3.46. The number of fused-ring (bicyclic) bond motifs is 1. The monoisotopic (exact) mass is 440 g/mol. The zero-order valence-corrected chi connectivity index (χ0v) is 18.8. The summed E-state index contributed by atoms with van der Waals surface area (Å²) in [6, 6.07) is 13.3. The Bertz CT molecular complexity index is 996. The van der Waals surface area contributed by atoms with E-state index in [1.807, 2.05) is 30.3 Å². The van der Waals surface area contributed by atoms with Gasteiger partial charge in [0, 0.05) is 12.2 Å². The number of benzene rings is 2. The molecule has 1 saturated heterocycles. The van der Waals surface area contributed by atoms with Crippen molar-refractivity contribution in [1.29, 1.82) is 0 Å². The SMILES string of the molecule is CCCCOc1ccc(C(=O)N(CC2CCCO2)c2nc3ccccc3s2)cc1OC. The van der Waals surface area contributed by atoms with Gasteiger partial charge >= 0.3 is 0 Å². The van der Waals surface area contributed by atoms with Crippen LogP contribution >= 0.6 is 11.3 Å². The summed E-state index contributed by atoms with van der Waals surface area (Å²) in [5.41, 5.74) is 1.43. The van der Waals surface area contributed by atoms with Crippen LogP contribution in [0, 0.1) is 0 Å². The summed E-state index contributed by atoms with van der Waals surface area (Å²) < 4.78 is 18.2. The fraction of sp³-hybridized carbons (Fsp3) is 0.417. The van der Waals surface area contributed by atoms with Gasteiger partial charge in [0.25, 0.3) is 5.91 Å². The fourth-order valence-electron chi connectivity index (χ4n) is 3.62. The molecule has 0 radical (unpaired) electrons. The number of rotatable bonds is 9. The molecule has 0 N–H and O–H groups in total. The molecule has 2 heterocycles. The molecule has 0 aliphatic carbocycles. The van der Waals surface area contributed by atoms with Crippen molar-refractivity contribution in [3.63, 3.8) is 0 Å². The van der Waals surface area contributed by atoms with E-state index in [1.54, 1.807) is 24.1 Å². The maximum atomic E-state index is 13.6. The van der Waals surface area contributed by atoms with E-state index in [1.165, 1.54) is 11.3 Å². The lowest BCUT2D eigenvalue weighted by atomic mass is 10.1. The van der Waals surface area contributed by atoms with Crippen molar-refractivity contribution in [2.24, 2.45) is 0 Å². The smallest absolute Gasteiger partial charge is 0.260 e. The Morgan fingerprint density at radius 2 is 2.13 bits per heavy atom. The first kappa shape index (κ1) is 21.6. The second-order valence-corrected chi connectivity index (χ2v) is 8.59. The van der Waals surface area contributed by atoms with E-state index in [0.29, 0.717) is 35.3 Å². The lowest BCUT2D eigenvalue weighted by molar-refractivity contribution is 0.0917. The molecule has 164 valence electrons. The lowest BCUT2D eigenvalue weighted by Crippen LogP contribution is -2.37. The van der Waals surface area contributed by atoms with Crippen LogP contribution in [0.1, 0.15) is 43.0 Å². The second kappa shape index (κ2) is 10.1. The normalized spacial score (nSPS) is 15.9. The molecule has 2 aromatic carbocycles. The van der Waals surface area contributed by atoms with Crippen LogP contribution in [-0.2, 0) is 4.74 Å². The predicted octanol–water partition coefficient (Wildman–Crippen LogP) is 5.31.